The van der Waals surface area contributed by atoms with Crippen molar-refractivity contribution in [2.24, 2.45) is 0 Å². The van der Waals surface area contributed by atoms with Crippen LogP contribution in [0.3, 0.4) is 0 Å². The highest BCUT2D eigenvalue weighted by molar-refractivity contribution is 7.46. The Hall–Kier alpha value is -2.06. The van der Waals surface area contributed by atoms with Crippen molar-refractivity contribution in [3.63, 3.8) is 0 Å². The average Bonchev–Trinajstić information content (AvgIpc) is 2.79. The highest BCUT2D eigenvalue weighted by Gasteiger charge is 2.72. The van der Waals surface area contributed by atoms with Gasteiger partial charge < -0.3 is 24.7 Å². The minimum atomic E-state index is -5.13. The van der Waals surface area contributed by atoms with Gasteiger partial charge in [0.2, 0.25) is 11.4 Å². The zero-order valence-corrected chi connectivity index (χ0v) is 15.3. The molecule has 13 nitrogen and oxygen atoms in total. The van der Waals surface area contributed by atoms with Gasteiger partial charge in [0.15, 0.2) is 23.4 Å². The van der Waals surface area contributed by atoms with Crippen molar-refractivity contribution in [2.45, 2.75) is 37.4 Å². The number of hydrogen-bond donors (Lipinski definition) is 5. The molecular formula is C13H16FN2O11P. The Bertz CT molecular complexity index is 983. The van der Waals surface area contributed by atoms with Gasteiger partial charge in [0, 0.05) is 0 Å². The number of phosphoric ester groups is 1. The summed E-state index contributed by atoms with van der Waals surface area (Å²) in [5, 5.41) is 21.7. The van der Waals surface area contributed by atoms with Crippen LogP contribution < -0.4 is 11.2 Å². The molecule has 0 amide bonds. The Morgan fingerprint density at radius 2 is 1.82 bits per heavy atom. The molecule has 2 heterocycles. The molecule has 28 heavy (non-hydrogen) atoms. The molecule has 0 aromatic carbocycles. The Labute approximate surface area is 154 Å². The highest BCUT2D eigenvalue weighted by atomic mass is 31.2. The summed E-state index contributed by atoms with van der Waals surface area (Å²) in [7, 11) is -5.13. The summed E-state index contributed by atoms with van der Waals surface area (Å²) in [5.74, 6) is -4.09. The fourth-order valence-corrected chi connectivity index (χ4v) is 3.28. The van der Waals surface area contributed by atoms with E-state index in [0.29, 0.717) is 0 Å². The third-order valence-electron chi connectivity index (χ3n) is 4.34. The summed E-state index contributed by atoms with van der Waals surface area (Å²) >= 11 is 0. The predicted octanol–water partition coefficient (Wildman–Crippen LogP) is -2.68. The molecule has 1 aromatic rings. The summed E-state index contributed by atoms with van der Waals surface area (Å²) in [6.45, 7) is 0.275. The van der Waals surface area contributed by atoms with E-state index in [4.69, 9.17) is 14.5 Å². The van der Waals surface area contributed by atoms with E-state index in [0.717, 1.165) is 13.8 Å². The van der Waals surface area contributed by atoms with Gasteiger partial charge in [-0.25, -0.2) is 9.36 Å². The number of halogens is 1. The molecule has 0 aliphatic carbocycles. The first kappa shape index (κ1) is 22.2. The standard InChI is InChI=1S/C13H16FN2O11P/c1-5(17)12(21)8(4-26-28(23,24)25)27-10(13(12,22)6(2)18)16-3-7(14)9(19)15-11(16)20/h3,8,10,21-22H,4H2,1-2H3,(H,15,19,20)(H2,23,24,25)/t8-,10-,12-,13+/m1/s1. The lowest BCUT2D eigenvalue weighted by atomic mass is 9.75. The van der Waals surface area contributed by atoms with Crippen molar-refractivity contribution in [2.75, 3.05) is 6.61 Å². The van der Waals surface area contributed by atoms with E-state index in [9.17, 15) is 38.3 Å². The lowest BCUT2D eigenvalue weighted by Gasteiger charge is -2.37. The number of phosphoric acid groups is 1. The van der Waals surface area contributed by atoms with E-state index in [1.165, 1.54) is 0 Å². The SMILES string of the molecule is CC(=O)[C@@]1(O)[C@@H](COP(=O)(O)O)O[C@@H](n2cc(F)c(=O)[nH]c2=O)[C@@]1(O)C(C)=O. The molecule has 1 aliphatic rings. The summed E-state index contributed by atoms with van der Waals surface area (Å²) in [6, 6.07) is 0. The van der Waals surface area contributed by atoms with Gasteiger partial charge in [-0.1, -0.05) is 0 Å². The zero-order chi connectivity index (χ0) is 21.7. The molecule has 156 valence electrons. The number of carbonyl (C=O) groups excluding carboxylic acids is 2. The van der Waals surface area contributed by atoms with Crippen LogP contribution >= 0.6 is 7.82 Å². The van der Waals surface area contributed by atoms with E-state index in [2.05, 4.69) is 4.52 Å². The Morgan fingerprint density at radius 1 is 1.29 bits per heavy atom. The van der Waals surface area contributed by atoms with Gasteiger partial charge in [0.1, 0.15) is 6.10 Å². The molecule has 0 saturated carbocycles. The molecule has 1 aliphatic heterocycles. The minimum Gasteiger partial charge on any atom is -0.376 e. The number of nitrogens with zero attached hydrogens (tertiary/aromatic N) is 1. The average molecular weight is 426 g/mol. The second-order valence-electron chi connectivity index (χ2n) is 6.05. The maximum Gasteiger partial charge on any atom is 0.469 e. The van der Waals surface area contributed by atoms with E-state index >= 15 is 0 Å². The number of carbonyl (C=O) groups is 2. The van der Waals surface area contributed by atoms with Gasteiger partial charge in [-0.3, -0.25) is 28.5 Å². The third kappa shape index (κ3) is 3.39. The number of aromatic amines is 1. The molecule has 1 fully saturated rings. The van der Waals surface area contributed by atoms with Crippen LogP contribution in [-0.2, 0) is 23.4 Å². The van der Waals surface area contributed by atoms with Gasteiger partial charge in [0.05, 0.1) is 12.8 Å². The fourth-order valence-electron chi connectivity index (χ4n) is 2.95. The van der Waals surface area contributed by atoms with Crippen molar-refractivity contribution in [1.82, 2.24) is 9.55 Å². The van der Waals surface area contributed by atoms with Crippen molar-refractivity contribution >= 4 is 19.4 Å². The summed E-state index contributed by atoms with van der Waals surface area (Å²) < 4.78 is 34.1. The number of aromatic nitrogens is 2. The number of H-pyrrole nitrogens is 1. The van der Waals surface area contributed by atoms with Gasteiger partial charge >= 0.3 is 13.5 Å². The van der Waals surface area contributed by atoms with E-state index in [-0.39, 0.29) is 10.8 Å². The molecule has 0 radical (unpaired) electrons. The number of rotatable bonds is 6. The molecule has 1 saturated heterocycles. The number of nitrogens with one attached hydrogen (secondary N) is 1. The zero-order valence-electron chi connectivity index (χ0n) is 14.4. The molecule has 0 unspecified atom stereocenters. The molecule has 1 aromatic heterocycles. The van der Waals surface area contributed by atoms with Crippen LogP contribution in [0.25, 0.3) is 0 Å². The van der Waals surface area contributed by atoms with Gasteiger partial charge in [0.25, 0.3) is 5.56 Å². The quantitative estimate of drug-likeness (QED) is 0.296. The van der Waals surface area contributed by atoms with Crippen LogP contribution in [0.2, 0.25) is 0 Å². The van der Waals surface area contributed by atoms with Gasteiger partial charge in [-0.15, -0.1) is 0 Å². The smallest absolute Gasteiger partial charge is 0.376 e. The molecular weight excluding hydrogens is 410 g/mol. The lowest BCUT2D eigenvalue weighted by Crippen LogP contribution is -2.66. The third-order valence-corrected chi connectivity index (χ3v) is 4.83. The van der Waals surface area contributed by atoms with Crippen LogP contribution in [0.1, 0.15) is 20.1 Å². The molecule has 2 rings (SSSR count). The number of ketones is 2. The topological polar surface area (TPSA) is 205 Å². The van der Waals surface area contributed by atoms with Crippen LogP contribution in [0, 0.1) is 5.82 Å². The normalized spacial score (nSPS) is 30.4. The summed E-state index contributed by atoms with van der Waals surface area (Å²) in [6.07, 6.45) is -4.03. The van der Waals surface area contributed by atoms with Crippen molar-refractivity contribution < 1.29 is 47.8 Å². The summed E-state index contributed by atoms with van der Waals surface area (Å²) in [4.78, 5) is 66.6. The van der Waals surface area contributed by atoms with Gasteiger partial charge in [-0.2, -0.15) is 4.39 Å². The second-order valence-corrected chi connectivity index (χ2v) is 7.29. The van der Waals surface area contributed by atoms with Gasteiger partial charge in [-0.05, 0) is 13.8 Å². The lowest BCUT2D eigenvalue weighted by molar-refractivity contribution is -0.181. The first-order chi connectivity index (χ1) is 12.7. The molecule has 4 atom stereocenters. The fraction of sp³-hybridized carbons (Fsp3) is 0.538. The number of Topliss-reactive ketones (excluding diaryl/α,β-unsaturated/α-hetero) is 2. The Balaban J connectivity index is 2.70. The largest absolute Gasteiger partial charge is 0.469 e. The van der Waals surface area contributed by atoms with E-state index in [1.54, 1.807) is 4.98 Å². The van der Waals surface area contributed by atoms with Crippen LogP contribution in [0.5, 0.6) is 0 Å². The first-order valence-electron chi connectivity index (χ1n) is 7.49. The van der Waals surface area contributed by atoms with Crippen molar-refractivity contribution in [3.05, 3.63) is 32.9 Å². The number of ether oxygens (including phenoxy) is 1. The number of hydrogen-bond acceptors (Lipinski definition) is 9. The van der Waals surface area contributed by atoms with Crippen molar-refractivity contribution in [1.29, 1.82) is 0 Å². The van der Waals surface area contributed by atoms with Crippen LogP contribution in [0.15, 0.2) is 15.8 Å². The summed E-state index contributed by atoms with van der Waals surface area (Å²) in [5.41, 5.74) is -9.12. The first-order valence-corrected chi connectivity index (χ1v) is 9.02. The molecule has 0 bridgehead atoms. The van der Waals surface area contributed by atoms with Crippen molar-refractivity contribution in [3.8, 4) is 0 Å². The van der Waals surface area contributed by atoms with E-state index < -0.39 is 66.6 Å². The monoisotopic (exact) mass is 426 g/mol. The molecule has 5 N–H and O–H groups in total. The van der Waals surface area contributed by atoms with Crippen LogP contribution in [0.4, 0.5) is 4.39 Å². The Morgan fingerprint density at radius 3 is 2.29 bits per heavy atom. The number of aliphatic hydroxyl groups is 2. The second kappa shape index (κ2) is 7.08. The predicted molar refractivity (Wildman–Crippen MR) is 84.4 cm³/mol. The maximum atomic E-state index is 13.6. The van der Waals surface area contributed by atoms with E-state index in [1.807, 2.05) is 0 Å². The molecule has 0 spiro atoms. The maximum absolute atomic E-state index is 13.6. The van der Waals surface area contributed by atoms with Crippen LogP contribution in [-0.4, -0.2) is 65.0 Å². The minimum absolute atomic E-state index is 0.212. The highest BCUT2D eigenvalue weighted by Crippen LogP contribution is 2.48. The Kier molecular flexibility index (Phi) is 5.62. The molecule has 15 heteroatoms.